The average molecular weight is 349 g/mol. The number of rotatable bonds is 6. The highest BCUT2D eigenvalue weighted by Gasteiger charge is 2.28. The van der Waals surface area contributed by atoms with Crippen molar-refractivity contribution < 1.29 is 32.4 Å². The van der Waals surface area contributed by atoms with E-state index in [1.165, 1.54) is 22.3 Å². The van der Waals surface area contributed by atoms with E-state index in [2.05, 4.69) is 4.74 Å². The molecule has 0 bridgehead atoms. The number of ether oxygens (including phenoxy) is 1. The monoisotopic (exact) mass is 349 g/mol. The van der Waals surface area contributed by atoms with Gasteiger partial charge >= 0.3 is 12.1 Å². The van der Waals surface area contributed by atoms with Gasteiger partial charge in [-0.3, -0.25) is 14.9 Å². The molecule has 1 amide bonds. The molecule has 0 saturated carbocycles. The largest absolute Gasteiger partial charge is 0.452 e. The fourth-order valence-electron chi connectivity index (χ4n) is 1.64. The fraction of sp³-hybridized carbons (Fsp3) is 0.385. The number of carbonyl (C=O) groups is 2. The maximum absolute atomic E-state index is 11.9. The number of nitro groups is 1. The standard InChI is InChI=1S/C13H14F3N3O5/c1-18(2)9-4-3-8(5-10(9)19(22)23)12(21)24-6-11(20)17-7-13(14,15)16/h3-5H,6-7H2,1-2H3,(H,17,20). The molecule has 0 unspecified atom stereocenters. The summed E-state index contributed by atoms with van der Waals surface area (Å²) >= 11 is 0. The van der Waals surface area contributed by atoms with Gasteiger partial charge in [0.15, 0.2) is 6.61 Å². The first kappa shape index (κ1) is 19.2. The quantitative estimate of drug-likeness (QED) is 0.474. The minimum Gasteiger partial charge on any atom is -0.452 e. The van der Waals surface area contributed by atoms with Gasteiger partial charge in [0.2, 0.25) is 0 Å². The van der Waals surface area contributed by atoms with Crippen LogP contribution in [0.4, 0.5) is 24.5 Å². The van der Waals surface area contributed by atoms with Gasteiger partial charge in [-0.25, -0.2) is 4.79 Å². The van der Waals surface area contributed by atoms with E-state index in [1.807, 2.05) is 0 Å². The first-order valence-corrected chi connectivity index (χ1v) is 6.47. The predicted octanol–water partition coefficient (Wildman–Crippen LogP) is 1.50. The number of nitrogens with zero attached hydrogens (tertiary/aromatic N) is 2. The Balaban J connectivity index is 2.73. The van der Waals surface area contributed by atoms with E-state index in [-0.39, 0.29) is 16.9 Å². The van der Waals surface area contributed by atoms with Crippen molar-refractivity contribution in [2.45, 2.75) is 6.18 Å². The molecule has 1 rings (SSSR count). The van der Waals surface area contributed by atoms with Crippen molar-refractivity contribution in [1.82, 2.24) is 5.32 Å². The number of hydrogen-bond acceptors (Lipinski definition) is 6. The molecule has 24 heavy (non-hydrogen) atoms. The van der Waals surface area contributed by atoms with Crippen LogP contribution in [0.2, 0.25) is 0 Å². The van der Waals surface area contributed by atoms with E-state index >= 15 is 0 Å². The first-order valence-electron chi connectivity index (χ1n) is 6.47. The minimum absolute atomic E-state index is 0.198. The summed E-state index contributed by atoms with van der Waals surface area (Å²) in [4.78, 5) is 34.7. The van der Waals surface area contributed by atoms with E-state index < -0.39 is 36.1 Å². The van der Waals surface area contributed by atoms with Crippen LogP contribution in [0.1, 0.15) is 10.4 Å². The number of anilines is 1. The van der Waals surface area contributed by atoms with Crippen LogP contribution < -0.4 is 10.2 Å². The lowest BCUT2D eigenvalue weighted by molar-refractivity contribution is -0.384. The van der Waals surface area contributed by atoms with Crippen LogP contribution in [0.15, 0.2) is 18.2 Å². The Hall–Kier alpha value is -2.85. The van der Waals surface area contributed by atoms with Crippen molar-refractivity contribution in [3.8, 4) is 0 Å². The van der Waals surface area contributed by atoms with Gasteiger partial charge in [0.25, 0.3) is 11.6 Å². The summed E-state index contributed by atoms with van der Waals surface area (Å²) in [5.41, 5.74) is -0.300. The molecule has 1 aromatic carbocycles. The normalized spacial score (nSPS) is 10.9. The Morgan fingerprint density at radius 3 is 2.46 bits per heavy atom. The smallest absolute Gasteiger partial charge is 0.405 e. The molecule has 11 heteroatoms. The van der Waals surface area contributed by atoms with E-state index in [9.17, 15) is 32.9 Å². The molecule has 1 aromatic rings. The second-order valence-electron chi connectivity index (χ2n) is 4.82. The van der Waals surface area contributed by atoms with Gasteiger partial charge < -0.3 is 15.0 Å². The fourth-order valence-corrected chi connectivity index (χ4v) is 1.64. The number of alkyl halides is 3. The zero-order valence-electron chi connectivity index (χ0n) is 12.7. The van der Waals surface area contributed by atoms with Gasteiger partial charge in [-0.1, -0.05) is 0 Å². The summed E-state index contributed by atoms with van der Waals surface area (Å²) in [5, 5.41) is 12.5. The van der Waals surface area contributed by atoms with Gasteiger partial charge in [-0.15, -0.1) is 0 Å². The number of halogens is 3. The van der Waals surface area contributed by atoms with E-state index in [1.54, 1.807) is 14.1 Å². The van der Waals surface area contributed by atoms with Crippen LogP contribution in [0.5, 0.6) is 0 Å². The van der Waals surface area contributed by atoms with E-state index in [4.69, 9.17) is 0 Å². The first-order chi connectivity index (χ1) is 11.0. The predicted molar refractivity (Wildman–Crippen MR) is 76.8 cm³/mol. The molecular formula is C13H14F3N3O5. The maximum Gasteiger partial charge on any atom is 0.405 e. The molecule has 8 nitrogen and oxygen atoms in total. The van der Waals surface area contributed by atoms with Crippen LogP contribution in [-0.2, 0) is 9.53 Å². The van der Waals surface area contributed by atoms with Crippen LogP contribution >= 0.6 is 0 Å². The molecule has 0 saturated heterocycles. The zero-order valence-corrected chi connectivity index (χ0v) is 12.7. The topological polar surface area (TPSA) is 102 Å². The lowest BCUT2D eigenvalue weighted by atomic mass is 10.1. The third kappa shape index (κ3) is 5.74. The molecule has 0 atom stereocenters. The van der Waals surface area contributed by atoms with Gasteiger partial charge in [0.1, 0.15) is 12.2 Å². The maximum atomic E-state index is 11.9. The van der Waals surface area contributed by atoms with Crippen molar-refractivity contribution in [1.29, 1.82) is 0 Å². The third-order valence-electron chi connectivity index (χ3n) is 2.71. The highest BCUT2D eigenvalue weighted by molar-refractivity contribution is 5.93. The molecule has 0 heterocycles. The number of nitro benzene ring substituents is 1. The molecular weight excluding hydrogens is 335 g/mol. The Kier molecular flexibility index (Phi) is 6.09. The molecule has 132 valence electrons. The van der Waals surface area contributed by atoms with Gasteiger partial charge in [0, 0.05) is 20.2 Å². The average Bonchev–Trinajstić information content (AvgIpc) is 2.49. The van der Waals surface area contributed by atoms with Crippen molar-refractivity contribution in [2.24, 2.45) is 0 Å². The molecule has 0 fully saturated rings. The van der Waals surface area contributed by atoms with Crippen molar-refractivity contribution >= 4 is 23.3 Å². The summed E-state index contributed by atoms with van der Waals surface area (Å²) in [6.45, 7) is -2.48. The van der Waals surface area contributed by atoms with Crippen molar-refractivity contribution in [3.63, 3.8) is 0 Å². The second-order valence-corrected chi connectivity index (χ2v) is 4.82. The Morgan fingerprint density at radius 1 is 1.33 bits per heavy atom. The lowest BCUT2D eigenvalue weighted by Crippen LogP contribution is -2.36. The summed E-state index contributed by atoms with van der Waals surface area (Å²) < 4.78 is 40.3. The Labute approximate surface area is 134 Å². The van der Waals surface area contributed by atoms with Gasteiger partial charge in [0.05, 0.1) is 10.5 Å². The SMILES string of the molecule is CN(C)c1ccc(C(=O)OCC(=O)NCC(F)(F)F)cc1[N+](=O)[O-]. The van der Waals surface area contributed by atoms with Gasteiger partial charge in [-0.2, -0.15) is 13.2 Å². The number of amides is 1. The number of hydrogen-bond donors (Lipinski definition) is 1. The summed E-state index contributed by atoms with van der Waals surface area (Å²) in [7, 11) is 3.15. The molecule has 0 aliphatic rings. The summed E-state index contributed by atoms with van der Waals surface area (Å²) in [6.07, 6.45) is -4.58. The van der Waals surface area contributed by atoms with Crippen LogP contribution in [-0.4, -0.2) is 50.2 Å². The van der Waals surface area contributed by atoms with Crippen LogP contribution in [0, 0.1) is 10.1 Å². The molecule has 1 N–H and O–H groups in total. The van der Waals surface area contributed by atoms with Crippen molar-refractivity contribution in [3.05, 3.63) is 33.9 Å². The number of nitrogens with one attached hydrogen (secondary N) is 1. The van der Waals surface area contributed by atoms with Gasteiger partial charge in [-0.05, 0) is 12.1 Å². The van der Waals surface area contributed by atoms with E-state index in [0.717, 1.165) is 6.07 Å². The highest BCUT2D eigenvalue weighted by Crippen LogP contribution is 2.27. The highest BCUT2D eigenvalue weighted by atomic mass is 19.4. The molecule has 0 spiro atoms. The van der Waals surface area contributed by atoms with Crippen LogP contribution in [0.3, 0.4) is 0 Å². The molecule has 0 aliphatic heterocycles. The molecule has 0 aliphatic carbocycles. The number of benzene rings is 1. The summed E-state index contributed by atoms with van der Waals surface area (Å²) in [6, 6.07) is 3.53. The molecule has 0 aromatic heterocycles. The van der Waals surface area contributed by atoms with E-state index in [0.29, 0.717) is 0 Å². The van der Waals surface area contributed by atoms with Crippen molar-refractivity contribution in [2.75, 3.05) is 32.1 Å². The second kappa shape index (κ2) is 7.62. The summed E-state index contributed by atoms with van der Waals surface area (Å²) in [5.74, 6) is -2.20. The number of esters is 1. The Bertz CT molecular complexity index is 646. The van der Waals surface area contributed by atoms with Crippen LogP contribution in [0.25, 0.3) is 0 Å². The lowest BCUT2D eigenvalue weighted by Gasteiger charge is -2.13. The molecule has 0 radical (unpaired) electrons. The number of carbonyl (C=O) groups excluding carboxylic acids is 2. The minimum atomic E-state index is -4.58. The third-order valence-corrected chi connectivity index (χ3v) is 2.71. The Morgan fingerprint density at radius 2 is 1.96 bits per heavy atom. The zero-order chi connectivity index (χ0) is 18.5.